The minimum Gasteiger partial charge on any atom is -0.256 e. The van der Waals surface area contributed by atoms with Gasteiger partial charge in [0.05, 0.1) is 5.69 Å². The quantitative estimate of drug-likeness (QED) is 0.630. The SMILES string of the molecule is CC(C)c1cccc(C(C)C)c1N=Cc1ccccc1. The molecule has 0 unspecified atom stereocenters. The average Bonchev–Trinajstić information content (AvgIpc) is 2.45. The lowest BCUT2D eigenvalue weighted by molar-refractivity contribution is 0.835. The largest absolute Gasteiger partial charge is 0.256 e. The number of hydrogen-bond acceptors (Lipinski definition) is 1. The fourth-order valence-corrected chi connectivity index (χ4v) is 2.34. The summed E-state index contributed by atoms with van der Waals surface area (Å²) in [5.74, 6) is 0.966. The van der Waals surface area contributed by atoms with Crippen LogP contribution < -0.4 is 0 Å². The van der Waals surface area contributed by atoms with Crippen molar-refractivity contribution in [2.24, 2.45) is 4.99 Å². The molecule has 0 fully saturated rings. The highest BCUT2D eigenvalue weighted by molar-refractivity contribution is 5.82. The molecule has 0 aromatic heterocycles. The number of aliphatic imine (C=N–C) groups is 1. The Morgan fingerprint density at radius 2 is 1.30 bits per heavy atom. The van der Waals surface area contributed by atoms with E-state index in [1.165, 1.54) is 11.1 Å². The number of rotatable bonds is 4. The molecule has 0 saturated carbocycles. The lowest BCUT2D eigenvalue weighted by Gasteiger charge is -2.16. The van der Waals surface area contributed by atoms with E-state index in [2.05, 4.69) is 58.0 Å². The summed E-state index contributed by atoms with van der Waals surface area (Å²) in [5.41, 5.74) is 4.92. The lowest BCUT2D eigenvalue weighted by Crippen LogP contribution is -1.95. The van der Waals surface area contributed by atoms with Crippen LogP contribution in [0.2, 0.25) is 0 Å². The number of nitrogens with zero attached hydrogens (tertiary/aromatic N) is 1. The molecule has 0 amide bonds. The van der Waals surface area contributed by atoms with Crippen molar-refractivity contribution in [2.45, 2.75) is 39.5 Å². The zero-order chi connectivity index (χ0) is 14.5. The molecule has 0 aliphatic carbocycles. The van der Waals surface area contributed by atoms with E-state index < -0.39 is 0 Å². The Bertz CT molecular complexity index is 554. The van der Waals surface area contributed by atoms with Crippen LogP contribution in [-0.2, 0) is 0 Å². The maximum absolute atomic E-state index is 4.79. The summed E-state index contributed by atoms with van der Waals surface area (Å²) < 4.78 is 0. The maximum Gasteiger partial charge on any atom is 0.0699 e. The van der Waals surface area contributed by atoms with Gasteiger partial charge < -0.3 is 0 Å². The molecule has 0 bridgehead atoms. The van der Waals surface area contributed by atoms with E-state index in [9.17, 15) is 0 Å². The molecule has 0 aliphatic heterocycles. The summed E-state index contributed by atoms with van der Waals surface area (Å²) in [6, 6.07) is 16.8. The van der Waals surface area contributed by atoms with Crippen LogP contribution in [0.4, 0.5) is 5.69 Å². The van der Waals surface area contributed by atoms with Crippen LogP contribution >= 0.6 is 0 Å². The molecule has 0 heterocycles. The molecule has 0 spiro atoms. The standard InChI is InChI=1S/C19H23N/c1-14(2)17-11-8-12-18(15(3)4)19(17)20-13-16-9-6-5-7-10-16/h5-15H,1-4H3. The summed E-state index contributed by atoms with van der Waals surface area (Å²) in [7, 11) is 0. The molecule has 1 nitrogen and oxygen atoms in total. The average molecular weight is 265 g/mol. The van der Waals surface area contributed by atoms with Gasteiger partial charge in [0.15, 0.2) is 0 Å². The molecule has 0 N–H and O–H groups in total. The summed E-state index contributed by atoms with van der Waals surface area (Å²) in [4.78, 5) is 4.79. The van der Waals surface area contributed by atoms with Gasteiger partial charge in [-0.3, -0.25) is 4.99 Å². The molecule has 0 saturated heterocycles. The zero-order valence-corrected chi connectivity index (χ0v) is 12.8. The summed E-state index contributed by atoms with van der Waals surface area (Å²) in [5, 5.41) is 0. The highest BCUT2D eigenvalue weighted by Gasteiger charge is 2.12. The second kappa shape index (κ2) is 6.51. The first kappa shape index (κ1) is 14.5. The molecule has 2 aromatic rings. The van der Waals surface area contributed by atoms with Crippen molar-refractivity contribution in [1.82, 2.24) is 0 Å². The molecule has 2 aromatic carbocycles. The Labute approximate surface area is 122 Å². The summed E-state index contributed by atoms with van der Waals surface area (Å²) in [6.45, 7) is 8.89. The Kier molecular flexibility index (Phi) is 4.73. The molecule has 20 heavy (non-hydrogen) atoms. The van der Waals surface area contributed by atoms with Crippen molar-refractivity contribution in [3.05, 3.63) is 65.2 Å². The molecule has 1 heteroatoms. The van der Waals surface area contributed by atoms with Crippen molar-refractivity contribution >= 4 is 11.9 Å². The van der Waals surface area contributed by atoms with Crippen LogP contribution in [0.25, 0.3) is 0 Å². The van der Waals surface area contributed by atoms with E-state index in [4.69, 9.17) is 4.99 Å². The number of hydrogen-bond donors (Lipinski definition) is 0. The number of benzene rings is 2. The Morgan fingerprint density at radius 1 is 0.750 bits per heavy atom. The molecular formula is C19H23N. The van der Waals surface area contributed by atoms with E-state index in [-0.39, 0.29) is 0 Å². The third-order valence-corrected chi connectivity index (χ3v) is 3.48. The fourth-order valence-electron chi connectivity index (χ4n) is 2.34. The van der Waals surface area contributed by atoms with E-state index in [1.54, 1.807) is 0 Å². The minimum absolute atomic E-state index is 0.483. The van der Waals surface area contributed by atoms with Gasteiger partial charge in [0.2, 0.25) is 0 Å². The van der Waals surface area contributed by atoms with Crippen LogP contribution in [-0.4, -0.2) is 6.21 Å². The van der Waals surface area contributed by atoms with Crippen molar-refractivity contribution in [2.75, 3.05) is 0 Å². The Morgan fingerprint density at radius 3 is 1.80 bits per heavy atom. The van der Waals surface area contributed by atoms with E-state index in [0.29, 0.717) is 11.8 Å². The number of para-hydroxylation sites is 1. The molecule has 0 radical (unpaired) electrons. The van der Waals surface area contributed by atoms with Gasteiger partial charge in [0.25, 0.3) is 0 Å². The lowest BCUT2D eigenvalue weighted by atomic mass is 9.93. The normalized spacial score (nSPS) is 11.7. The van der Waals surface area contributed by atoms with Gasteiger partial charge in [-0.2, -0.15) is 0 Å². The van der Waals surface area contributed by atoms with Crippen molar-refractivity contribution < 1.29 is 0 Å². The van der Waals surface area contributed by atoms with Gasteiger partial charge in [-0.25, -0.2) is 0 Å². The van der Waals surface area contributed by atoms with Gasteiger partial charge in [-0.15, -0.1) is 0 Å². The van der Waals surface area contributed by atoms with Gasteiger partial charge in [-0.05, 0) is 28.5 Å². The van der Waals surface area contributed by atoms with Crippen molar-refractivity contribution in [1.29, 1.82) is 0 Å². The van der Waals surface area contributed by atoms with Crippen LogP contribution in [0.5, 0.6) is 0 Å². The molecule has 2 rings (SSSR count). The third kappa shape index (κ3) is 3.36. The highest BCUT2D eigenvalue weighted by atomic mass is 14.7. The predicted molar refractivity (Wildman–Crippen MR) is 88.3 cm³/mol. The zero-order valence-electron chi connectivity index (χ0n) is 12.8. The second-order valence-electron chi connectivity index (χ2n) is 5.76. The Balaban J connectivity index is 2.46. The van der Waals surface area contributed by atoms with Gasteiger partial charge in [-0.1, -0.05) is 76.2 Å². The molecular weight excluding hydrogens is 242 g/mol. The first-order valence-corrected chi connectivity index (χ1v) is 7.31. The maximum atomic E-state index is 4.79. The minimum atomic E-state index is 0.483. The highest BCUT2D eigenvalue weighted by Crippen LogP contribution is 2.34. The van der Waals surface area contributed by atoms with Crippen LogP contribution in [0.15, 0.2) is 53.5 Å². The molecule has 0 aliphatic rings. The third-order valence-electron chi connectivity index (χ3n) is 3.48. The molecule has 0 atom stereocenters. The van der Waals surface area contributed by atoms with Gasteiger partial charge in [0.1, 0.15) is 0 Å². The van der Waals surface area contributed by atoms with Crippen LogP contribution in [0.3, 0.4) is 0 Å². The van der Waals surface area contributed by atoms with Crippen LogP contribution in [0.1, 0.15) is 56.2 Å². The van der Waals surface area contributed by atoms with E-state index >= 15 is 0 Å². The second-order valence-corrected chi connectivity index (χ2v) is 5.76. The van der Waals surface area contributed by atoms with Gasteiger partial charge >= 0.3 is 0 Å². The first-order chi connectivity index (χ1) is 9.59. The summed E-state index contributed by atoms with van der Waals surface area (Å²) in [6.07, 6.45) is 1.97. The van der Waals surface area contributed by atoms with Crippen molar-refractivity contribution in [3.8, 4) is 0 Å². The van der Waals surface area contributed by atoms with Crippen LogP contribution in [0, 0.1) is 0 Å². The predicted octanol–water partition coefficient (Wildman–Crippen LogP) is 5.68. The fraction of sp³-hybridized carbons (Fsp3) is 0.316. The van der Waals surface area contributed by atoms with E-state index in [0.717, 1.165) is 11.3 Å². The summed E-state index contributed by atoms with van der Waals surface area (Å²) >= 11 is 0. The van der Waals surface area contributed by atoms with E-state index in [1.807, 2.05) is 24.4 Å². The molecule has 104 valence electrons. The smallest absolute Gasteiger partial charge is 0.0699 e. The first-order valence-electron chi connectivity index (χ1n) is 7.31. The van der Waals surface area contributed by atoms with Gasteiger partial charge in [0, 0.05) is 6.21 Å². The Hall–Kier alpha value is -1.89. The monoisotopic (exact) mass is 265 g/mol. The topological polar surface area (TPSA) is 12.4 Å². The van der Waals surface area contributed by atoms with Crippen molar-refractivity contribution in [3.63, 3.8) is 0 Å².